The van der Waals surface area contributed by atoms with Gasteiger partial charge in [-0.3, -0.25) is 9.48 Å². The Balaban J connectivity index is 2.03. The Morgan fingerprint density at radius 1 is 1.32 bits per heavy atom. The van der Waals surface area contributed by atoms with Gasteiger partial charge in [-0.1, -0.05) is 13.8 Å². The van der Waals surface area contributed by atoms with Crippen molar-refractivity contribution in [3.05, 3.63) is 41.7 Å². The number of nitrogens with zero attached hydrogens (tertiary/aromatic N) is 4. The molecule has 0 saturated carbocycles. The number of rotatable bonds is 6. The van der Waals surface area contributed by atoms with Crippen LogP contribution in [0.15, 0.2) is 24.5 Å². The van der Waals surface area contributed by atoms with E-state index in [1.165, 1.54) is 0 Å². The highest BCUT2D eigenvalue weighted by molar-refractivity contribution is 5.92. The van der Waals surface area contributed by atoms with E-state index in [9.17, 15) is 4.79 Å². The highest BCUT2D eigenvalue weighted by Crippen LogP contribution is 2.08. The molecule has 118 valence electrons. The highest BCUT2D eigenvalue weighted by Gasteiger charge is 2.14. The van der Waals surface area contributed by atoms with Crippen molar-refractivity contribution >= 4 is 5.91 Å². The van der Waals surface area contributed by atoms with E-state index < -0.39 is 0 Å². The molecule has 22 heavy (non-hydrogen) atoms. The van der Waals surface area contributed by atoms with E-state index in [0.717, 1.165) is 12.1 Å². The minimum absolute atomic E-state index is 0.0313. The summed E-state index contributed by atoms with van der Waals surface area (Å²) in [6.07, 6.45) is 4.44. The molecule has 2 aromatic rings. The molecule has 6 nitrogen and oxygen atoms in total. The molecular weight excluding hydrogens is 278 g/mol. The van der Waals surface area contributed by atoms with E-state index in [4.69, 9.17) is 0 Å². The molecule has 2 aromatic heterocycles. The van der Waals surface area contributed by atoms with Crippen LogP contribution >= 0.6 is 0 Å². The largest absolute Gasteiger partial charge is 0.346 e. The fourth-order valence-corrected chi connectivity index (χ4v) is 2.30. The summed E-state index contributed by atoms with van der Waals surface area (Å²) in [6, 6.07) is 3.61. The second kappa shape index (κ2) is 7.15. The highest BCUT2D eigenvalue weighted by atomic mass is 16.1. The normalized spacial score (nSPS) is 12.4. The van der Waals surface area contributed by atoms with Crippen LogP contribution in [0.3, 0.4) is 0 Å². The van der Waals surface area contributed by atoms with Crippen LogP contribution in [0, 0.1) is 12.8 Å². The molecule has 6 heteroatoms. The summed E-state index contributed by atoms with van der Waals surface area (Å²) in [5, 5.41) is 7.09. The Labute approximate surface area is 131 Å². The molecule has 0 aliphatic heterocycles. The zero-order valence-corrected chi connectivity index (χ0v) is 13.6. The molecule has 1 atom stereocenters. The number of amides is 1. The van der Waals surface area contributed by atoms with Gasteiger partial charge in [-0.2, -0.15) is 5.10 Å². The summed E-state index contributed by atoms with van der Waals surface area (Å²) >= 11 is 0. The van der Waals surface area contributed by atoms with E-state index in [2.05, 4.69) is 34.2 Å². The molecular formula is C16H23N5O. The fourth-order valence-electron chi connectivity index (χ4n) is 2.30. The van der Waals surface area contributed by atoms with Crippen LogP contribution in [0.5, 0.6) is 0 Å². The smallest absolute Gasteiger partial charge is 0.270 e. The summed E-state index contributed by atoms with van der Waals surface area (Å²) in [5.74, 6) is 0.946. The molecule has 0 aliphatic carbocycles. The molecule has 2 heterocycles. The van der Waals surface area contributed by atoms with Crippen molar-refractivity contribution in [3.8, 4) is 0 Å². The minimum atomic E-state index is -0.171. The molecule has 0 aliphatic rings. The maximum absolute atomic E-state index is 12.3. The van der Waals surface area contributed by atoms with Gasteiger partial charge in [-0.25, -0.2) is 9.97 Å². The number of carbonyl (C=O) groups excluding carboxylic acids is 1. The third-order valence-corrected chi connectivity index (χ3v) is 3.14. The number of hydrogen-bond donors (Lipinski definition) is 1. The Morgan fingerprint density at radius 3 is 2.73 bits per heavy atom. The molecule has 1 amide bonds. The third-order valence-electron chi connectivity index (χ3n) is 3.14. The van der Waals surface area contributed by atoms with E-state index in [-0.39, 0.29) is 11.9 Å². The van der Waals surface area contributed by atoms with Gasteiger partial charge in [0.25, 0.3) is 5.91 Å². The van der Waals surface area contributed by atoms with Crippen molar-refractivity contribution in [2.75, 3.05) is 0 Å². The van der Waals surface area contributed by atoms with Crippen molar-refractivity contribution in [2.45, 2.75) is 46.7 Å². The van der Waals surface area contributed by atoms with Gasteiger partial charge in [0.1, 0.15) is 11.5 Å². The molecule has 0 unspecified atom stereocenters. The zero-order chi connectivity index (χ0) is 16.1. The quantitative estimate of drug-likeness (QED) is 0.885. The lowest BCUT2D eigenvalue weighted by Crippen LogP contribution is -2.36. The first-order chi connectivity index (χ1) is 10.4. The van der Waals surface area contributed by atoms with Crippen LogP contribution in [-0.2, 0) is 13.0 Å². The van der Waals surface area contributed by atoms with Crippen molar-refractivity contribution in [3.63, 3.8) is 0 Å². The van der Waals surface area contributed by atoms with Crippen LogP contribution in [0.1, 0.15) is 42.8 Å². The number of aryl methyl sites for hydroxylation is 1. The Kier molecular flexibility index (Phi) is 5.25. The fraction of sp³-hybridized carbons (Fsp3) is 0.500. The van der Waals surface area contributed by atoms with Crippen molar-refractivity contribution in [1.29, 1.82) is 0 Å². The summed E-state index contributed by atoms with van der Waals surface area (Å²) in [6.45, 7) is 8.64. The van der Waals surface area contributed by atoms with Crippen molar-refractivity contribution in [2.24, 2.45) is 5.92 Å². The van der Waals surface area contributed by atoms with Gasteiger partial charge in [-0.15, -0.1) is 0 Å². The molecule has 2 rings (SSSR count). The van der Waals surface area contributed by atoms with Gasteiger partial charge in [0.05, 0.1) is 6.54 Å². The van der Waals surface area contributed by atoms with Crippen LogP contribution < -0.4 is 5.32 Å². The molecule has 0 fully saturated rings. The molecule has 0 saturated heterocycles. The Morgan fingerprint density at radius 2 is 2.09 bits per heavy atom. The summed E-state index contributed by atoms with van der Waals surface area (Å²) in [4.78, 5) is 21.0. The number of nitrogens with one attached hydrogen (secondary N) is 1. The minimum Gasteiger partial charge on any atom is -0.346 e. The molecule has 0 aromatic carbocycles. The van der Waals surface area contributed by atoms with Gasteiger partial charge in [0, 0.05) is 24.1 Å². The van der Waals surface area contributed by atoms with Crippen LogP contribution in [-0.4, -0.2) is 31.7 Å². The topological polar surface area (TPSA) is 72.7 Å². The number of hydrogen-bond acceptors (Lipinski definition) is 4. The van der Waals surface area contributed by atoms with Gasteiger partial charge in [0.2, 0.25) is 0 Å². The first-order valence-electron chi connectivity index (χ1n) is 7.57. The molecule has 0 bridgehead atoms. The van der Waals surface area contributed by atoms with E-state index in [1.807, 2.05) is 26.1 Å². The number of carbonyl (C=O) groups is 1. The molecule has 0 spiro atoms. The van der Waals surface area contributed by atoms with Gasteiger partial charge in [-0.05, 0) is 38.3 Å². The standard InChI is InChI=1S/C16H23N5O/c1-11(2)8-14-9-15(20-13(4)19-14)16(22)18-12(3)10-21-7-5-6-17-21/h5-7,9,11-12H,8,10H2,1-4H3,(H,18,22)/t12-/m0/s1. The second-order valence-corrected chi connectivity index (χ2v) is 5.99. The van der Waals surface area contributed by atoms with Gasteiger partial charge in [0.15, 0.2) is 0 Å². The average Bonchev–Trinajstić information content (AvgIpc) is 2.89. The lowest BCUT2D eigenvalue weighted by atomic mass is 10.1. The van der Waals surface area contributed by atoms with Crippen molar-refractivity contribution in [1.82, 2.24) is 25.1 Å². The Hall–Kier alpha value is -2.24. The molecule has 1 N–H and O–H groups in total. The zero-order valence-electron chi connectivity index (χ0n) is 13.6. The average molecular weight is 301 g/mol. The maximum Gasteiger partial charge on any atom is 0.270 e. The summed E-state index contributed by atoms with van der Waals surface area (Å²) in [5.41, 5.74) is 1.34. The Bertz CT molecular complexity index is 621. The van der Waals surface area contributed by atoms with Gasteiger partial charge >= 0.3 is 0 Å². The first-order valence-corrected chi connectivity index (χ1v) is 7.57. The van der Waals surface area contributed by atoms with Crippen molar-refractivity contribution < 1.29 is 4.79 Å². The summed E-state index contributed by atoms with van der Waals surface area (Å²) in [7, 11) is 0. The van der Waals surface area contributed by atoms with Gasteiger partial charge < -0.3 is 5.32 Å². The predicted molar refractivity (Wildman–Crippen MR) is 84.5 cm³/mol. The predicted octanol–water partition coefficient (Wildman–Crippen LogP) is 2.00. The van der Waals surface area contributed by atoms with Crippen LogP contribution in [0.2, 0.25) is 0 Å². The van der Waals surface area contributed by atoms with E-state index in [1.54, 1.807) is 16.9 Å². The van der Waals surface area contributed by atoms with E-state index in [0.29, 0.717) is 24.0 Å². The number of aromatic nitrogens is 4. The summed E-state index contributed by atoms with van der Waals surface area (Å²) < 4.78 is 1.79. The lowest BCUT2D eigenvalue weighted by molar-refractivity contribution is 0.0930. The second-order valence-electron chi connectivity index (χ2n) is 5.99. The maximum atomic E-state index is 12.3. The first kappa shape index (κ1) is 16.1. The van der Waals surface area contributed by atoms with E-state index >= 15 is 0 Å². The lowest BCUT2D eigenvalue weighted by Gasteiger charge is -2.14. The van der Waals surface area contributed by atoms with Crippen LogP contribution in [0.25, 0.3) is 0 Å². The van der Waals surface area contributed by atoms with Crippen LogP contribution in [0.4, 0.5) is 0 Å². The monoisotopic (exact) mass is 301 g/mol. The SMILES string of the molecule is Cc1nc(CC(C)C)cc(C(=O)N[C@@H](C)Cn2cccn2)n1. The molecule has 0 radical (unpaired) electrons. The third kappa shape index (κ3) is 4.65.